The molecular formula is C34H42Co3N16O8+2. The summed E-state index contributed by atoms with van der Waals surface area (Å²) in [5.41, 5.74) is 56.4. The molecule has 0 aromatic heterocycles. The van der Waals surface area contributed by atoms with Crippen LogP contribution in [0.4, 0.5) is 0 Å². The molecule has 61 heavy (non-hydrogen) atoms. The van der Waals surface area contributed by atoms with Gasteiger partial charge in [-0.05, 0) is 35.1 Å². The number of benzene rings is 4. The van der Waals surface area contributed by atoms with Gasteiger partial charge in [0.25, 0.3) is 0 Å². The Morgan fingerprint density at radius 2 is 0.525 bits per heavy atom. The van der Waals surface area contributed by atoms with E-state index in [1.165, 1.54) is 43.9 Å². The Balaban J connectivity index is -0.0000000920. The van der Waals surface area contributed by atoms with Crippen LogP contribution in [0.25, 0.3) is 63.9 Å². The number of rotatable bonds is 12. The van der Waals surface area contributed by atoms with Crippen LogP contribution in [-0.2, 0) is 61.3 Å². The van der Waals surface area contributed by atoms with Crippen molar-refractivity contribution in [2.45, 2.75) is 12.8 Å². The molecule has 10 N–H and O–H groups in total. The Morgan fingerprint density at radius 3 is 0.672 bits per heavy atom. The molecule has 0 aliphatic heterocycles. The van der Waals surface area contributed by atoms with Gasteiger partial charge in [-0.3, -0.25) is 39.6 Å². The van der Waals surface area contributed by atoms with Crippen molar-refractivity contribution < 1.29 is 92.7 Å². The SMILES string of the molecule is O.O.[Co+2].[Co+3].[Co+3].[N-]=[N+]=[N-].[N-]=[N+]=[N-].[N-]=[N+]=[N-].[N-]=[N+]=[N-].[O-]c1ccccc1C=NCCCN=Cc1ccccc1[O-].[O-]c1ccccc1C=NCCCN=Cc1ccccc1[O-].[OH3+].[OH3+]. The Kier molecular flexibility index (Phi) is 68.4. The topological polar surface area (TPSA) is 505 Å². The molecule has 24 nitrogen and oxygen atoms in total. The van der Waals surface area contributed by atoms with Gasteiger partial charge in [0.1, 0.15) is 0 Å². The van der Waals surface area contributed by atoms with Crippen molar-refractivity contribution in [1.29, 1.82) is 0 Å². The molecular weight excluding hydrogens is 937 g/mol. The minimum absolute atomic E-state index is 0. The third-order valence-electron chi connectivity index (χ3n) is 5.75. The summed E-state index contributed by atoms with van der Waals surface area (Å²) in [7, 11) is 0. The van der Waals surface area contributed by atoms with Crippen molar-refractivity contribution >= 4 is 24.9 Å². The zero-order valence-electron chi connectivity index (χ0n) is 31.7. The van der Waals surface area contributed by atoms with E-state index >= 15 is 0 Å². The zero-order valence-corrected chi connectivity index (χ0v) is 34.9. The molecule has 4 rings (SSSR count). The average molecular weight is 980 g/mol. The van der Waals surface area contributed by atoms with Crippen molar-refractivity contribution in [1.82, 2.24) is 0 Å². The van der Waals surface area contributed by atoms with Crippen LogP contribution >= 0.6 is 0 Å². The summed E-state index contributed by atoms with van der Waals surface area (Å²) in [6, 6.07) is 27.2. The molecule has 0 unspecified atom stereocenters. The van der Waals surface area contributed by atoms with Gasteiger partial charge in [-0.1, -0.05) is 97.1 Å². The van der Waals surface area contributed by atoms with Crippen LogP contribution in [0.3, 0.4) is 0 Å². The summed E-state index contributed by atoms with van der Waals surface area (Å²) in [5, 5.41) is 45.7. The van der Waals surface area contributed by atoms with Gasteiger partial charge >= 0.3 is 50.3 Å². The van der Waals surface area contributed by atoms with Crippen LogP contribution in [0.5, 0.6) is 23.0 Å². The van der Waals surface area contributed by atoms with Crippen LogP contribution in [0.1, 0.15) is 35.1 Å². The predicted molar refractivity (Wildman–Crippen MR) is 220 cm³/mol. The predicted octanol–water partition coefficient (Wildman–Crippen LogP) is 3.49. The number of para-hydroxylation sites is 4. The maximum absolute atomic E-state index is 11.4. The second-order valence-electron chi connectivity index (χ2n) is 9.36. The smallest absolute Gasteiger partial charge is 0.872 e. The monoisotopic (exact) mass is 979 g/mol. The third kappa shape index (κ3) is 42.8. The van der Waals surface area contributed by atoms with Gasteiger partial charge in [-0.15, -0.1) is 23.0 Å². The molecule has 0 fully saturated rings. The normalized spacial score (nSPS) is 8.39. The van der Waals surface area contributed by atoms with Gasteiger partial charge in [-0.2, -0.15) is 0 Å². The van der Waals surface area contributed by atoms with Crippen molar-refractivity contribution in [2.24, 2.45) is 20.0 Å². The van der Waals surface area contributed by atoms with E-state index in [1.54, 1.807) is 73.4 Å². The van der Waals surface area contributed by atoms with Crippen LogP contribution < -0.4 is 20.4 Å². The van der Waals surface area contributed by atoms with Crippen LogP contribution in [0, 0.1) is 0 Å². The van der Waals surface area contributed by atoms with Crippen molar-refractivity contribution in [3.05, 3.63) is 183 Å². The summed E-state index contributed by atoms with van der Waals surface area (Å²) in [6.45, 7) is 2.41. The molecule has 1 radical (unpaired) electrons. The van der Waals surface area contributed by atoms with E-state index in [9.17, 15) is 20.4 Å². The standard InChI is InChI=1S/2C17H18N2O2.3Co.4N3.4H2O/c2*20-16-8-3-1-6-14(16)12-18-10-5-11-19-13-15-7-2-4-9-17(15)21;;;;4*1-3-2;;;;/h2*1-4,6-9,12-13,20-21H,5,10-11H2;;;;;;;;4*1H2/q;;+2;2*+3;4*-1;;;;/p-2. The first kappa shape index (κ1) is 75.2. The van der Waals surface area contributed by atoms with Crippen molar-refractivity contribution in [2.75, 3.05) is 26.2 Å². The van der Waals surface area contributed by atoms with Gasteiger partial charge in [0, 0.05) is 51.0 Å². The Morgan fingerprint density at radius 1 is 0.377 bits per heavy atom. The largest absolute Gasteiger partial charge is 3.00 e. The molecule has 0 bridgehead atoms. The Bertz CT molecular complexity index is 1650. The number of nitrogens with zero attached hydrogens (tertiary/aromatic N) is 16. The van der Waals surface area contributed by atoms with Crippen LogP contribution in [0.15, 0.2) is 117 Å². The fourth-order valence-corrected chi connectivity index (χ4v) is 3.51. The number of hydrogen-bond donors (Lipinski definition) is 0. The minimum atomic E-state index is -0.0219. The molecule has 331 valence electrons. The van der Waals surface area contributed by atoms with E-state index in [4.69, 9.17) is 44.2 Å². The van der Waals surface area contributed by atoms with Gasteiger partial charge < -0.3 is 86.6 Å². The van der Waals surface area contributed by atoms with E-state index in [1.807, 2.05) is 24.3 Å². The molecule has 0 atom stereocenters. The summed E-state index contributed by atoms with van der Waals surface area (Å²) >= 11 is 0. The molecule has 4 aromatic carbocycles. The minimum Gasteiger partial charge on any atom is -0.872 e. The number of aliphatic imine (C=N–C) groups is 4. The second kappa shape index (κ2) is 55.5. The zero-order chi connectivity index (χ0) is 40.7. The molecule has 0 spiro atoms. The summed E-state index contributed by atoms with van der Waals surface area (Å²) in [6.07, 6.45) is 7.93. The quantitative estimate of drug-likeness (QED) is 0.0514. The Hall–Kier alpha value is -6.64. The van der Waals surface area contributed by atoms with E-state index < -0.39 is 0 Å². The average Bonchev–Trinajstić information content (AvgIpc) is 3.15. The van der Waals surface area contributed by atoms with Gasteiger partial charge in [0.05, 0.1) is 0 Å². The Labute approximate surface area is 381 Å². The molecule has 0 amide bonds. The van der Waals surface area contributed by atoms with Crippen LogP contribution in [0.2, 0.25) is 0 Å². The summed E-state index contributed by atoms with van der Waals surface area (Å²) in [4.78, 5) is 22.8. The summed E-state index contributed by atoms with van der Waals surface area (Å²) < 4.78 is 0. The van der Waals surface area contributed by atoms with Crippen molar-refractivity contribution in [3.63, 3.8) is 0 Å². The first-order chi connectivity index (χ1) is 26.2. The van der Waals surface area contributed by atoms with Gasteiger partial charge in [-0.25, -0.2) is 0 Å². The first-order valence-corrected chi connectivity index (χ1v) is 15.2. The molecule has 0 aliphatic carbocycles. The third-order valence-corrected chi connectivity index (χ3v) is 5.75. The fourth-order valence-electron chi connectivity index (χ4n) is 3.51. The van der Waals surface area contributed by atoms with E-state index in [-0.39, 0.29) is 95.2 Å². The fraction of sp³-hybridized carbons (Fsp3) is 0.176. The second-order valence-corrected chi connectivity index (χ2v) is 9.36. The van der Waals surface area contributed by atoms with Crippen molar-refractivity contribution in [3.8, 4) is 23.0 Å². The van der Waals surface area contributed by atoms with Crippen LogP contribution in [-0.4, -0.2) is 62.0 Å². The number of hydrogen-bond acceptors (Lipinski definition) is 8. The summed E-state index contributed by atoms with van der Waals surface area (Å²) in [5.74, 6) is -0.0877. The first-order valence-electron chi connectivity index (χ1n) is 15.2. The molecule has 0 saturated carbocycles. The molecule has 27 heteroatoms. The molecule has 0 aliphatic rings. The van der Waals surface area contributed by atoms with Gasteiger partial charge in [0.2, 0.25) is 0 Å². The van der Waals surface area contributed by atoms with Gasteiger partial charge in [0.15, 0.2) is 0 Å². The van der Waals surface area contributed by atoms with E-state index in [2.05, 4.69) is 20.0 Å². The maximum atomic E-state index is 11.4. The maximum Gasteiger partial charge on any atom is 3.00 e. The molecule has 0 heterocycles. The van der Waals surface area contributed by atoms with E-state index in [0.717, 1.165) is 12.8 Å². The van der Waals surface area contributed by atoms with E-state index in [0.29, 0.717) is 48.4 Å². The molecule has 4 aromatic rings. The molecule has 0 saturated heterocycles.